The Morgan fingerprint density at radius 1 is 1.11 bits per heavy atom. The van der Waals surface area contributed by atoms with Gasteiger partial charge in [-0.15, -0.1) is 0 Å². The summed E-state index contributed by atoms with van der Waals surface area (Å²) in [6, 6.07) is 17.7. The van der Waals surface area contributed by atoms with E-state index in [1.54, 1.807) is 24.3 Å². The van der Waals surface area contributed by atoms with Crippen molar-refractivity contribution < 1.29 is 14.0 Å². The maximum absolute atomic E-state index is 14.7. The number of anilines is 1. The number of carbonyl (C=O) groups excluding carboxylic acids is 2. The van der Waals surface area contributed by atoms with Crippen LogP contribution in [0.4, 0.5) is 10.1 Å². The second kappa shape index (κ2) is 11.3. The van der Waals surface area contributed by atoms with Crippen molar-refractivity contribution in [3.05, 3.63) is 88.2 Å². The number of likely N-dealkylation sites (tertiary alicyclic amines) is 1. The minimum Gasteiger partial charge on any atom is -0.351 e. The lowest BCUT2D eigenvalue weighted by atomic mass is 10.0. The molecule has 1 saturated heterocycles. The largest absolute Gasteiger partial charge is 0.351 e. The Bertz CT molecular complexity index is 1310. The van der Waals surface area contributed by atoms with E-state index in [4.69, 9.17) is 11.6 Å². The van der Waals surface area contributed by atoms with Gasteiger partial charge in [-0.05, 0) is 68.8 Å². The number of fused-ring (bicyclic) bond motifs is 2. The van der Waals surface area contributed by atoms with E-state index in [1.807, 2.05) is 24.3 Å². The summed E-state index contributed by atoms with van der Waals surface area (Å²) in [6.45, 7) is 4.59. The molecule has 3 aromatic rings. The number of amides is 2. The van der Waals surface area contributed by atoms with Crippen LogP contribution in [0, 0.1) is 5.82 Å². The number of nitrogens with zero attached hydrogens (tertiary/aromatic N) is 2. The lowest BCUT2D eigenvalue weighted by Gasteiger charge is -2.33. The monoisotopic (exact) mass is 537 g/mol. The first kappa shape index (κ1) is 25.8. The third-order valence-corrected chi connectivity index (χ3v) is 8.59. The van der Waals surface area contributed by atoms with Gasteiger partial charge in [-0.1, -0.05) is 48.0 Å². The summed E-state index contributed by atoms with van der Waals surface area (Å²) in [7, 11) is 0. The number of rotatable bonds is 6. The summed E-state index contributed by atoms with van der Waals surface area (Å²) in [6.07, 6.45) is 3.64. The Balaban J connectivity index is 1.43. The summed E-state index contributed by atoms with van der Waals surface area (Å²) in [5.41, 5.74) is 1.77. The van der Waals surface area contributed by atoms with Crippen molar-refractivity contribution in [2.24, 2.45) is 0 Å². The highest BCUT2D eigenvalue weighted by Gasteiger charge is 2.29. The summed E-state index contributed by atoms with van der Waals surface area (Å²) in [5.74, 6) is -0.943. The summed E-state index contributed by atoms with van der Waals surface area (Å²) in [5, 5.41) is 3.28. The van der Waals surface area contributed by atoms with Crippen LogP contribution in [0.5, 0.6) is 0 Å². The van der Waals surface area contributed by atoms with Crippen molar-refractivity contribution in [1.29, 1.82) is 0 Å². The van der Waals surface area contributed by atoms with E-state index in [0.717, 1.165) is 22.9 Å². The van der Waals surface area contributed by atoms with Gasteiger partial charge in [0, 0.05) is 45.1 Å². The van der Waals surface area contributed by atoms with Gasteiger partial charge in [0.2, 0.25) is 0 Å². The number of hydrogen-bond donors (Lipinski definition) is 1. The van der Waals surface area contributed by atoms with Crippen LogP contribution < -0.4 is 10.2 Å². The predicted octanol–water partition coefficient (Wildman–Crippen LogP) is 6.39. The SMILES string of the molecule is C[C@H]1CCCCN1CCNC(=O)c1ccc2c(c1)N(Cc1c(F)cccc1Cl)C(=O)c1ccccc1S2. The molecule has 2 aliphatic rings. The van der Waals surface area contributed by atoms with Gasteiger partial charge in [0.05, 0.1) is 17.8 Å². The summed E-state index contributed by atoms with van der Waals surface area (Å²) < 4.78 is 14.7. The average Bonchev–Trinajstić information content (AvgIpc) is 3.01. The van der Waals surface area contributed by atoms with Crippen LogP contribution in [-0.2, 0) is 6.54 Å². The van der Waals surface area contributed by atoms with Gasteiger partial charge in [-0.2, -0.15) is 0 Å². The maximum Gasteiger partial charge on any atom is 0.259 e. The first-order valence-corrected chi connectivity index (χ1v) is 13.8. The zero-order chi connectivity index (χ0) is 25.9. The van der Waals surface area contributed by atoms with Crippen molar-refractivity contribution in [1.82, 2.24) is 10.2 Å². The topological polar surface area (TPSA) is 52.7 Å². The Labute approximate surface area is 226 Å². The Kier molecular flexibility index (Phi) is 7.84. The zero-order valence-corrected chi connectivity index (χ0v) is 22.2. The van der Waals surface area contributed by atoms with Crippen LogP contribution in [0.25, 0.3) is 0 Å². The highest BCUT2D eigenvalue weighted by atomic mass is 35.5. The Morgan fingerprint density at radius 3 is 2.76 bits per heavy atom. The molecule has 2 heterocycles. The van der Waals surface area contributed by atoms with Gasteiger partial charge >= 0.3 is 0 Å². The van der Waals surface area contributed by atoms with Crippen LogP contribution in [0.3, 0.4) is 0 Å². The zero-order valence-electron chi connectivity index (χ0n) is 20.7. The number of benzene rings is 3. The molecule has 0 aromatic heterocycles. The molecule has 192 valence electrons. The Hall–Kier alpha value is -2.87. The fourth-order valence-corrected chi connectivity index (χ4v) is 6.25. The molecular formula is C29H29ClFN3O2S. The number of nitrogens with one attached hydrogen (secondary N) is 1. The van der Waals surface area contributed by atoms with E-state index in [9.17, 15) is 14.0 Å². The van der Waals surface area contributed by atoms with E-state index >= 15 is 0 Å². The quantitative estimate of drug-likeness (QED) is 0.395. The van der Waals surface area contributed by atoms with E-state index < -0.39 is 5.82 Å². The molecule has 8 heteroatoms. The summed E-state index contributed by atoms with van der Waals surface area (Å²) in [4.78, 5) is 32.4. The molecule has 5 nitrogen and oxygen atoms in total. The minimum absolute atomic E-state index is 0.0514. The number of piperidine rings is 1. The van der Waals surface area contributed by atoms with Gasteiger partial charge in [0.25, 0.3) is 11.8 Å². The smallest absolute Gasteiger partial charge is 0.259 e. The fraction of sp³-hybridized carbons (Fsp3) is 0.310. The standard InChI is InChI=1S/C29H29ClFN3O2S/c1-19-7-4-5-15-33(19)16-14-32-28(35)20-12-13-27-25(17-20)34(18-22-23(30)9-6-10-24(22)31)29(36)21-8-2-3-11-26(21)37-27/h2-3,6,8-13,17,19H,4-5,7,14-16,18H2,1H3,(H,32,35)/t19-/m0/s1. The van der Waals surface area contributed by atoms with Crippen LogP contribution in [0.2, 0.25) is 5.02 Å². The van der Waals surface area contributed by atoms with Gasteiger partial charge < -0.3 is 10.2 Å². The third kappa shape index (κ3) is 5.54. The van der Waals surface area contributed by atoms with Crippen LogP contribution in [0.15, 0.2) is 70.5 Å². The molecule has 1 fully saturated rings. The molecule has 0 unspecified atom stereocenters. The molecule has 37 heavy (non-hydrogen) atoms. The molecular weight excluding hydrogens is 509 g/mol. The molecule has 1 N–H and O–H groups in total. The highest BCUT2D eigenvalue weighted by Crippen LogP contribution is 2.42. The van der Waals surface area contributed by atoms with E-state index in [-0.39, 0.29) is 28.9 Å². The van der Waals surface area contributed by atoms with E-state index in [0.29, 0.717) is 29.4 Å². The second-order valence-corrected chi connectivity index (χ2v) is 11.0. The normalized spacial score (nSPS) is 17.6. The van der Waals surface area contributed by atoms with Crippen molar-refractivity contribution in [2.75, 3.05) is 24.5 Å². The predicted molar refractivity (Wildman–Crippen MR) is 146 cm³/mol. The molecule has 5 rings (SSSR count). The van der Waals surface area contributed by atoms with Crippen molar-refractivity contribution >= 4 is 40.9 Å². The molecule has 2 amide bonds. The van der Waals surface area contributed by atoms with E-state index in [2.05, 4.69) is 17.1 Å². The van der Waals surface area contributed by atoms with Crippen LogP contribution >= 0.6 is 23.4 Å². The van der Waals surface area contributed by atoms with Crippen molar-refractivity contribution in [3.8, 4) is 0 Å². The number of halogens is 2. The van der Waals surface area contributed by atoms with Crippen LogP contribution in [-0.4, -0.2) is 42.4 Å². The first-order chi connectivity index (χ1) is 17.9. The summed E-state index contributed by atoms with van der Waals surface area (Å²) >= 11 is 7.79. The molecule has 0 saturated carbocycles. The van der Waals surface area contributed by atoms with E-state index in [1.165, 1.54) is 48.1 Å². The second-order valence-electron chi connectivity index (χ2n) is 9.51. The van der Waals surface area contributed by atoms with Gasteiger partial charge in [0.15, 0.2) is 0 Å². The molecule has 0 radical (unpaired) electrons. The molecule has 0 aliphatic carbocycles. The lowest BCUT2D eigenvalue weighted by Crippen LogP contribution is -2.42. The fourth-order valence-electron chi connectivity index (χ4n) is 4.96. The van der Waals surface area contributed by atoms with Gasteiger partial charge in [-0.25, -0.2) is 4.39 Å². The molecule has 1 atom stereocenters. The lowest BCUT2D eigenvalue weighted by molar-refractivity contribution is 0.0936. The number of carbonyl (C=O) groups is 2. The first-order valence-electron chi connectivity index (χ1n) is 12.6. The van der Waals surface area contributed by atoms with Gasteiger partial charge in [-0.3, -0.25) is 14.5 Å². The van der Waals surface area contributed by atoms with Crippen molar-refractivity contribution in [2.45, 2.75) is 48.6 Å². The highest BCUT2D eigenvalue weighted by molar-refractivity contribution is 7.99. The third-order valence-electron chi connectivity index (χ3n) is 7.10. The molecule has 2 aliphatic heterocycles. The molecule has 3 aromatic carbocycles. The number of hydrogen-bond acceptors (Lipinski definition) is 4. The molecule has 0 spiro atoms. The average molecular weight is 538 g/mol. The Morgan fingerprint density at radius 2 is 1.95 bits per heavy atom. The maximum atomic E-state index is 14.7. The van der Waals surface area contributed by atoms with Gasteiger partial charge in [0.1, 0.15) is 5.82 Å². The molecule has 0 bridgehead atoms. The minimum atomic E-state index is -0.479. The van der Waals surface area contributed by atoms with Crippen LogP contribution in [0.1, 0.15) is 52.5 Å². The van der Waals surface area contributed by atoms with Crippen molar-refractivity contribution in [3.63, 3.8) is 0 Å².